The molecule has 0 atom stereocenters. The van der Waals surface area contributed by atoms with E-state index in [1.165, 1.54) is 42.9 Å². The maximum absolute atomic E-state index is 11.7. The predicted octanol–water partition coefficient (Wildman–Crippen LogP) is 2.41. The van der Waals surface area contributed by atoms with E-state index in [1.807, 2.05) is 0 Å². The van der Waals surface area contributed by atoms with Gasteiger partial charge in [-0.3, -0.25) is 19.9 Å². The van der Waals surface area contributed by atoms with E-state index in [2.05, 4.69) is 15.5 Å². The number of nitro groups is 1. The number of hydrogen-bond donors (Lipinski definition) is 1. The van der Waals surface area contributed by atoms with E-state index in [0.29, 0.717) is 11.1 Å². The lowest BCUT2D eigenvalue weighted by Crippen LogP contribution is -2.17. The lowest BCUT2D eigenvalue weighted by molar-refractivity contribution is -0.384. The molecule has 0 saturated carbocycles. The fraction of sp³-hybridized carbons (Fsp3) is 0. The van der Waals surface area contributed by atoms with E-state index >= 15 is 0 Å². The van der Waals surface area contributed by atoms with Crippen molar-refractivity contribution in [2.24, 2.45) is 5.10 Å². The van der Waals surface area contributed by atoms with Crippen LogP contribution in [0.1, 0.15) is 15.9 Å². The van der Waals surface area contributed by atoms with Crippen molar-refractivity contribution in [3.63, 3.8) is 0 Å². The minimum Gasteiger partial charge on any atom is -0.267 e. The lowest BCUT2D eigenvalue weighted by Gasteiger charge is -1.99. The van der Waals surface area contributed by atoms with Crippen molar-refractivity contribution < 1.29 is 9.72 Å². The van der Waals surface area contributed by atoms with Gasteiger partial charge >= 0.3 is 0 Å². The van der Waals surface area contributed by atoms with Gasteiger partial charge in [0.05, 0.1) is 11.1 Å². The Labute approximate surface area is 124 Å². The highest BCUT2D eigenvalue weighted by molar-refractivity contribution is 6.32. The van der Waals surface area contributed by atoms with Crippen molar-refractivity contribution in [1.29, 1.82) is 0 Å². The van der Waals surface area contributed by atoms with Crippen LogP contribution in [0.3, 0.4) is 0 Å². The second kappa shape index (κ2) is 6.58. The second-order valence-electron chi connectivity index (χ2n) is 3.90. The molecule has 2 rings (SSSR count). The highest BCUT2D eigenvalue weighted by Gasteiger charge is 2.11. The molecule has 0 fully saturated rings. The van der Waals surface area contributed by atoms with Crippen molar-refractivity contribution >= 4 is 29.4 Å². The molecule has 8 heteroatoms. The fourth-order valence-electron chi connectivity index (χ4n) is 1.48. The van der Waals surface area contributed by atoms with E-state index in [9.17, 15) is 14.9 Å². The van der Waals surface area contributed by atoms with Gasteiger partial charge in [0.1, 0.15) is 5.02 Å². The van der Waals surface area contributed by atoms with Gasteiger partial charge in [-0.2, -0.15) is 5.10 Å². The maximum atomic E-state index is 11.7. The van der Waals surface area contributed by atoms with Gasteiger partial charge in [0.25, 0.3) is 11.6 Å². The number of halogens is 1. The van der Waals surface area contributed by atoms with Crippen LogP contribution in [0.15, 0.2) is 47.8 Å². The van der Waals surface area contributed by atoms with E-state index in [-0.39, 0.29) is 10.7 Å². The molecule has 1 aromatic heterocycles. The number of rotatable bonds is 4. The van der Waals surface area contributed by atoms with Crippen LogP contribution >= 0.6 is 11.6 Å². The summed E-state index contributed by atoms with van der Waals surface area (Å²) < 4.78 is 0. The first-order valence-corrected chi connectivity index (χ1v) is 6.13. The number of carbonyl (C=O) groups is 1. The van der Waals surface area contributed by atoms with Gasteiger partial charge in [-0.05, 0) is 18.2 Å². The van der Waals surface area contributed by atoms with E-state index in [0.717, 1.165) is 0 Å². The summed E-state index contributed by atoms with van der Waals surface area (Å²) in [5, 5.41) is 14.5. The number of hydrazone groups is 1. The lowest BCUT2D eigenvalue weighted by atomic mass is 10.2. The van der Waals surface area contributed by atoms with Gasteiger partial charge in [-0.25, -0.2) is 5.43 Å². The van der Waals surface area contributed by atoms with Gasteiger partial charge in [0.15, 0.2) is 0 Å². The Morgan fingerprint density at radius 2 is 2.05 bits per heavy atom. The molecule has 0 bridgehead atoms. The SMILES string of the molecule is O=C(NN=Cc1ccc(Cl)c([N+](=O)[O-])c1)c1ccncc1. The summed E-state index contributed by atoms with van der Waals surface area (Å²) in [6.07, 6.45) is 4.27. The molecule has 0 aliphatic carbocycles. The molecule has 0 aliphatic heterocycles. The van der Waals surface area contributed by atoms with Crippen molar-refractivity contribution in [3.05, 3.63) is 69.0 Å². The van der Waals surface area contributed by atoms with E-state index in [4.69, 9.17) is 11.6 Å². The molecule has 0 spiro atoms. The van der Waals surface area contributed by atoms with Crippen LogP contribution in [0.4, 0.5) is 5.69 Å². The quantitative estimate of drug-likeness (QED) is 0.533. The minimum atomic E-state index is -0.588. The number of nitro benzene ring substituents is 1. The Kier molecular flexibility index (Phi) is 4.57. The summed E-state index contributed by atoms with van der Waals surface area (Å²) in [7, 11) is 0. The second-order valence-corrected chi connectivity index (χ2v) is 4.31. The first-order valence-electron chi connectivity index (χ1n) is 5.75. The van der Waals surface area contributed by atoms with E-state index < -0.39 is 10.8 Å². The van der Waals surface area contributed by atoms with Crippen LogP contribution in [0.5, 0.6) is 0 Å². The molecule has 0 aliphatic rings. The Morgan fingerprint density at radius 1 is 1.33 bits per heavy atom. The van der Waals surface area contributed by atoms with Crippen LogP contribution in [0.25, 0.3) is 0 Å². The summed E-state index contributed by atoms with van der Waals surface area (Å²) in [6, 6.07) is 7.30. The van der Waals surface area contributed by atoms with Gasteiger partial charge in [-0.15, -0.1) is 0 Å². The number of nitrogens with one attached hydrogen (secondary N) is 1. The zero-order chi connectivity index (χ0) is 15.2. The Hall–Kier alpha value is -2.80. The number of carbonyl (C=O) groups excluding carboxylic acids is 1. The number of nitrogens with zero attached hydrogens (tertiary/aromatic N) is 3. The Morgan fingerprint density at radius 3 is 2.71 bits per heavy atom. The fourth-order valence-corrected chi connectivity index (χ4v) is 1.67. The third-order valence-electron chi connectivity index (χ3n) is 2.49. The summed E-state index contributed by atoms with van der Waals surface area (Å²) >= 11 is 5.69. The number of aromatic nitrogens is 1. The third-order valence-corrected chi connectivity index (χ3v) is 2.81. The zero-order valence-electron chi connectivity index (χ0n) is 10.6. The first kappa shape index (κ1) is 14.6. The Bertz CT molecular complexity index is 704. The molecule has 1 amide bonds. The standard InChI is InChI=1S/C13H9ClN4O3/c14-11-2-1-9(7-12(11)18(20)21)8-16-17-13(19)10-3-5-15-6-4-10/h1-8H,(H,17,19). The van der Waals surface area contributed by atoms with E-state index in [1.54, 1.807) is 6.07 Å². The third kappa shape index (κ3) is 3.83. The van der Waals surface area contributed by atoms with Crippen LogP contribution < -0.4 is 5.43 Å². The smallest absolute Gasteiger partial charge is 0.267 e. The average molecular weight is 305 g/mol. The Balaban J connectivity index is 2.07. The number of pyridine rings is 1. The van der Waals surface area contributed by atoms with Crippen LogP contribution in [-0.4, -0.2) is 22.0 Å². The highest BCUT2D eigenvalue weighted by atomic mass is 35.5. The maximum Gasteiger partial charge on any atom is 0.288 e. The minimum absolute atomic E-state index is 0.0398. The molecule has 106 valence electrons. The van der Waals surface area contributed by atoms with Crippen LogP contribution in [0, 0.1) is 10.1 Å². The predicted molar refractivity (Wildman–Crippen MR) is 77.4 cm³/mol. The topological polar surface area (TPSA) is 97.5 Å². The molecule has 0 radical (unpaired) electrons. The monoisotopic (exact) mass is 304 g/mol. The highest BCUT2D eigenvalue weighted by Crippen LogP contribution is 2.24. The molecule has 7 nitrogen and oxygen atoms in total. The summed E-state index contributed by atoms with van der Waals surface area (Å²) in [6.45, 7) is 0. The van der Waals surface area contributed by atoms with Crippen molar-refractivity contribution in [2.75, 3.05) is 0 Å². The molecule has 1 aromatic carbocycles. The molecule has 2 aromatic rings. The van der Waals surface area contributed by atoms with Crippen LogP contribution in [0.2, 0.25) is 5.02 Å². The van der Waals surface area contributed by atoms with Gasteiger partial charge in [-0.1, -0.05) is 17.7 Å². The van der Waals surface area contributed by atoms with Crippen LogP contribution in [-0.2, 0) is 0 Å². The first-order chi connectivity index (χ1) is 10.1. The average Bonchev–Trinajstić information content (AvgIpc) is 2.49. The van der Waals surface area contributed by atoms with Gasteiger partial charge in [0.2, 0.25) is 0 Å². The van der Waals surface area contributed by atoms with Crippen molar-refractivity contribution in [1.82, 2.24) is 10.4 Å². The zero-order valence-corrected chi connectivity index (χ0v) is 11.3. The van der Waals surface area contributed by atoms with Gasteiger partial charge < -0.3 is 0 Å². The molecular weight excluding hydrogens is 296 g/mol. The summed E-state index contributed by atoms with van der Waals surface area (Å²) in [5.41, 5.74) is 2.94. The molecule has 21 heavy (non-hydrogen) atoms. The summed E-state index contributed by atoms with van der Waals surface area (Å²) in [5.74, 6) is -0.405. The molecular formula is C13H9ClN4O3. The molecule has 0 saturated heterocycles. The normalized spacial score (nSPS) is 10.5. The van der Waals surface area contributed by atoms with Gasteiger partial charge in [0, 0.05) is 29.6 Å². The molecule has 0 unspecified atom stereocenters. The number of benzene rings is 1. The molecule has 1 N–H and O–H groups in total. The summed E-state index contributed by atoms with van der Waals surface area (Å²) in [4.78, 5) is 25.6. The number of hydrogen-bond acceptors (Lipinski definition) is 5. The molecule has 1 heterocycles. The largest absolute Gasteiger partial charge is 0.288 e. The van der Waals surface area contributed by atoms with Crippen molar-refractivity contribution in [3.8, 4) is 0 Å². The number of amides is 1. The van der Waals surface area contributed by atoms with Crippen molar-refractivity contribution in [2.45, 2.75) is 0 Å².